The molecule has 120 valence electrons. The van der Waals surface area contributed by atoms with Crippen molar-refractivity contribution in [3.05, 3.63) is 53.3 Å². The Morgan fingerprint density at radius 2 is 1.78 bits per heavy atom. The van der Waals surface area contributed by atoms with Gasteiger partial charge in [0.2, 0.25) is 5.91 Å². The molecule has 6 heteroatoms. The largest absolute Gasteiger partial charge is 0.494 e. The minimum absolute atomic E-state index is 0.217. The standard InChI is InChI=1S/C17H17FN2O3/c1-10-4-5-12(8-15(10)19-11(2)21)17(22)20-14-7-6-13(18)9-16(14)23-3/h4-9H,1-3H3,(H,19,21)(H,20,22). The molecular weight excluding hydrogens is 299 g/mol. The Kier molecular flexibility index (Phi) is 4.95. The highest BCUT2D eigenvalue weighted by atomic mass is 19.1. The summed E-state index contributed by atoms with van der Waals surface area (Å²) in [7, 11) is 1.39. The second-order valence-corrected chi connectivity index (χ2v) is 5.01. The maximum Gasteiger partial charge on any atom is 0.255 e. The Bertz CT molecular complexity index is 759. The van der Waals surface area contributed by atoms with Gasteiger partial charge in [0, 0.05) is 24.2 Å². The van der Waals surface area contributed by atoms with Crippen LogP contribution in [0.5, 0.6) is 5.75 Å². The van der Waals surface area contributed by atoms with Crippen LogP contribution >= 0.6 is 0 Å². The normalized spacial score (nSPS) is 10.1. The van der Waals surface area contributed by atoms with Crippen LogP contribution in [0, 0.1) is 12.7 Å². The number of halogens is 1. The molecule has 5 nitrogen and oxygen atoms in total. The van der Waals surface area contributed by atoms with Crippen LogP contribution in [0.4, 0.5) is 15.8 Å². The van der Waals surface area contributed by atoms with Crippen molar-refractivity contribution in [1.29, 1.82) is 0 Å². The Hall–Kier alpha value is -2.89. The Morgan fingerprint density at radius 1 is 1.04 bits per heavy atom. The zero-order valence-electron chi connectivity index (χ0n) is 13.1. The summed E-state index contributed by atoms with van der Waals surface area (Å²) < 4.78 is 18.2. The summed E-state index contributed by atoms with van der Waals surface area (Å²) in [6, 6.07) is 8.81. The number of carbonyl (C=O) groups is 2. The molecular formula is C17H17FN2O3. The van der Waals surface area contributed by atoms with Crippen LogP contribution in [-0.4, -0.2) is 18.9 Å². The Labute approximate surface area is 133 Å². The summed E-state index contributed by atoms with van der Waals surface area (Å²) in [5.41, 5.74) is 2.14. The van der Waals surface area contributed by atoms with Gasteiger partial charge in [-0.1, -0.05) is 6.07 Å². The lowest BCUT2D eigenvalue weighted by atomic mass is 10.1. The summed E-state index contributed by atoms with van der Waals surface area (Å²) in [4.78, 5) is 23.5. The summed E-state index contributed by atoms with van der Waals surface area (Å²) in [5, 5.41) is 5.33. The van der Waals surface area contributed by atoms with E-state index in [1.54, 1.807) is 18.2 Å². The lowest BCUT2D eigenvalue weighted by Crippen LogP contribution is -2.14. The van der Waals surface area contributed by atoms with E-state index in [1.807, 2.05) is 6.92 Å². The SMILES string of the molecule is COc1cc(F)ccc1NC(=O)c1ccc(C)c(NC(C)=O)c1. The highest BCUT2D eigenvalue weighted by Crippen LogP contribution is 2.26. The zero-order valence-corrected chi connectivity index (χ0v) is 13.1. The summed E-state index contributed by atoms with van der Waals surface area (Å²) >= 11 is 0. The van der Waals surface area contributed by atoms with Gasteiger partial charge in [0.1, 0.15) is 11.6 Å². The summed E-state index contributed by atoms with van der Waals surface area (Å²) in [6.07, 6.45) is 0. The molecule has 23 heavy (non-hydrogen) atoms. The number of hydrogen-bond acceptors (Lipinski definition) is 3. The van der Waals surface area contributed by atoms with Gasteiger partial charge < -0.3 is 15.4 Å². The molecule has 0 saturated carbocycles. The molecule has 0 bridgehead atoms. The molecule has 2 aromatic rings. The minimum atomic E-state index is -0.455. The number of hydrogen-bond donors (Lipinski definition) is 2. The van der Waals surface area contributed by atoms with Crippen LogP contribution in [0.1, 0.15) is 22.8 Å². The highest BCUT2D eigenvalue weighted by Gasteiger charge is 2.12. The van der Waals surface area contributed by atoms with Crippen molar-refractivity contribution in [2.75, 3.05) is 17.7 Å². The maximum absolute atomic E-state index is 13.2. The van der Waals surface area contributed by atoms with E-state index in [0.29, 0.717) is 16.9 Å². The van der Waals surface area contributed by atoms with Gasteiger partial charge in [-0.25, -0.2) is 4.39 Å². The van der Waals surface area contributed by atoms with Gasteiger partial charge in [0.05, 0.1) is 12.8 Å². The van der Waals surface area contributed by atoms with Gasteiger partial charge in [-0.15, -0.1) is 0 Å². The molecule has 2 amide bonds. The average Bonchev–Trinajstić information content (AvgIpc) is 2.50. The van der Waals surface area contributed by atoms with E-state index >= 15 is 0 Å². The number of rotatable bonds is 4. The Balaban J connectivity index is 2.26. The number of ether oxygens (including phenoxy) is 1. The van der Waals surface area contributed by atoms with Crippen LogP contribution in [-0.2, 0) is 4.79 Å². The fourth-order valence-corrected chi connectivity index (χ4v) is 2.05. The molecule has 0 atom stereocenters. The van der Waals surface area contributed by atoms with Crippen LogP contribution < -0.4 is 15.4 Å². The highest BCUT2D eigenvalue weighted by molar-refractivity contribution is 6.06. The fourth-order valence-electron chi connectivity index (χ4n) is 2.05. The van der Waals surface area contributed by atoms with Gasteiger partial charge in [0.25, 0.3) is 5.91 Å². The number of carbonyl (C=O) groups excluding carboxylic acids is 2. The first-order valence-electron chi connectivity index (χ1n) is 6.94. The number of methoxy groups -OCH3 is 1. The van der Waals surface area contributed by atoms with E-state index in [1.165, 1.54) is 32.2 Å². The molecule has 0 spiro atoms. The lowest BCUT2D eigenvalue weighted by molar-refractivity contribution is -0.114. The number of benzene rings is 2. The monoisotopic (exact) mass is 316 g/mol. The van der Waals surface area contributed by atoms with E-state index in [2.05, 4.69) is 10.6 Å². The van der Waals surface area contributed by atoms with Gasteiger partial charge in [0.15, 0.2) is 0 Å². The van der Waals surface area contributed by atoms with Crippen LogP contribution in [0.25, 0.3) is 0 Å². The number of anilines is 2. The maximum atomic E-state index is 13.2. The van der Waals surface area contributed by atoms with E-state index in [-0.39, 0.29) is 17.6 Å². The van der Waals surface area contributed by atoms with E-state index in [9.17, 15) is 14.0 Å². The van der Waals surface area contributed by atoms with Crippen molar-refractivity contribution in [3.63, 3.8) is 0 Å². The minimum Gasteiger partial charge on any atom is -0.494 e. The van der Waals surface area contributed by atoms with Crippen molar-refractivity contribution in [2.45, 2.75) is 13.8 Å². The molecule has 0 aromatic heterocycles. The molecule has 0 radical (unpaired) electrons. The molecule has 2 rings (SSSR count). The van der Waals surface area contributed by atoms with Crippen molar-refractivity contribution in [2.24, 2.45) is 0 Å². The summed E-state index contributed by atoms with van der Waals surface area (Å²) in [5.74, 6) is -0.831. The second-order valence-electron chi connectivity index (χ2n) is 5.01. The van der Waals surface area contributed by atoms with Crippen molar-refractivity contribution in [1.82, 2.24) is 0 Å². The van der Waals surface area contributed by atoms with Gasteiger partial charge >= 0.3 is 0 Å². The topological polar surface area (TPSA) is 67.4 Å². The fraction of sp³-hybridized carbons (Fsp3) is 0.176. The summed E-state index contributed by atoms with van der Waals surface area (Å²) in [6.45, 7) is 3.23. The van der Waals surface area contributed by atoms with Crippen molar-refractivity contribution >= 4 is 23.2 Å². The molecule has 0 aliphatic heterocycles. The van der Waals surface area contributed by atoms with Crippen molar-refractivity contribution < 1.29 is 18.7 Å². The zero-order chi connectivity index (χ0) is 17.0. The molecule has 0 aliphatic carbocycles. The van der Waals surface area contributed by atoms with Gasteiger partial charge in [-0.05, 0) is 36.8 Å². The first kappa shape index (κ1) is 16.5. The lowest BCUT2D eigenvalue weighted by Gasteiger charge is -2.12. The predicted octanol–water partition coefficient (Wildman–Crippen LogP) is 3.35. The predicted molar refractivity (Wildman–Crippen MR) is 86.4 cm³/mol. The van der Waals surface area contributed by atoms with Crippen LogP contribution in [0.2, 0.25) is 0 Å². The molecule has 0 saturated heterocycles. The number of amides is 2. The first-order valence-corrected chi connectivity index (χ1v) is 6.94. The molecule has 0 heterocycles. The Morgan fingerprint density at radius 3 is 2.43 bits per heavy atom. The molecule has 0 fully saturated rings. The van der Waals surface area contributed by atoms with E-state index in [0.717, 1.165) is 5.56 Å². The van der Waals surface area contributed by atoms with Gasteiger partial charge in [-0.3, -0.25) is 9.59 Å². The number of nitrogens with one attached hydrogen (secondary N) is 2. The quantitative estimate of drug-likeness (QED) is 0.909. The third-order valence-corrected chi connectivity index (χ3v) is 3.22. The number of aryl methyl sites for hydroxylation is 1. The molecule has 2 N–H and O–H groups in total. The van der Waals surface area contributed by atoms with E-state index in [4.69, 9.17) is 4.74 Å². The molecule has 0 unspecified atom stereocenters. The third-order valence-electron chi connectivity index (χ3n) is 3.22. The second kappa shape index (κ2) is 6.91. The van der Waals surface area contributed by atoms with Crippen molar-refractivity contribution in [3.8, 4) is 5.75 Å². The van der Waals surface area contributed by atoms with Crippen LogP contribution in [0.15, 0.2) is 36.4 Å². The van der Waals surface area contributed by atoms with Gasteiger partial charge in [-0.2, -0.15) is 0 Å². The van der Waals surface area contributed by atoms with E-state index < -0.39 is 5.82 Å². The molecule has 0 aliphatic rings. The smallest absolute Gasteiger partial charge is 0.255 e. The van der Waals surface area contributed by atoms with Crippen LogP contribution in [0.3, 0.4) is 0 Å². The average molecular weight is 316 g/mol. The third kappa shape index (κ3) is 4.06. The first-order chi connectivity index (χ1) is 10.9. The molecule has 2 aromatic carbocycles.